The van der Waals surface area contributed by atoms with E-state index in [1.807, 2.05) is 0 Å². The molecule has 0 bridgehead atoms. The molecule has 1 rings (SSSR count). The second-order valence-electron chi connectivity index (χ2n) is 3.40. The maximum atomic E-state index is 11.4. The molecule has 1 fully saturated rings. The molecule has 0 saturated heterocycles. The lowest BCUT2D eigenvalue weighted by Gasteiger charge is -2.26. The van der Waals surface area contributed by atoms with Gasteiger partial charge in [-0.2, -0.15) is 0 Å². The Kier molecular flexibility index (Phi) is 3.96. The van der Waals surface area contributed by atoms with E-state index in [0.717, 1.165) is 12.8 Å². The summed E-state index contributed by atoms with van der Waals surface area (Å²) in [7, 11) is 0. The van der Waals surface area contributed by atoms with E-state index in [1.54, 1.807) is 4.90 Å². The third-order valence-corrected chi connectivity index (χ3v) is 2.56. The highest BCUT2D eigenvalue weighted by molar-refractivity contribution is 5.87. The van der Waals surface area contributed by atoms with E-state index in [-0.39, 0.29) is 12.5 Å². The highest BCUT2D eigenvalue weighted by atomic mass is 16.3. The van der Waals surface area contributed by atoms with Crippen molar-refractivity contribution >= 4 is 5.91 Å². The fourth-order valence-electron chi connectivity index (χ4n) is 1.91. The molecule has 1 N–H and O–H groups in total. The maximum absolute atomic E-state index is 11.4. The van der Waals surface area contributed by atoms with Crippen LogP contribution in [0.15, 0.2) is 12.7 Å². The Morgan fingerprint density at radius 3 is 2.62 bits per heavy atom. The van der Waals surface area contributed by atoms with Gasteiger partial charge in [0.15, 0.2) is 0 Å². The smallest absolute Gasteiger partial charge is 0.246 e. The van der Waals surface area contributed by atoms with E-state index in [9.17, 15) is 4.79 Å². The fraction of sp³-hybridized carbons (Fsp3) is 0.700. The third-order valence-electron chi connectivity index (χ3n) is 2.56. The molecule has 3 heteroatoms. The Hall–Kier alpha value is -0.830. The number of nitrogens with zero attached hydrogens (tertiary/aromatic N) is 1. The molecule has 74 valence electrons. The highest BCUT2D eigenvalue weighted by Gasteiger charge is 2.24. The van der Waals surface area contributed by atoms with Crippen LogP contribution in [0.4, 0.5) is 0 Å². The SMILES string of the molecule is C=CC(=O)N(CCO)C1CCCC1. The van der Waals surface area contributed by atoms with Crippen molar-refractivity contribution in [2.24, 2.45) is 0 Å². The van der Waals surface area contributed by atoms with Crippen LogP contribution in [0.5, 0.6) is 0 Å². The number of aliphatic hydroxyl groups is 1. The molecule has 0 aromatic rings. The van der Waals surface area contributed by atoms with Crippen molar-refractivity contribution in [3.63, 3.8) is 0 Å². The van der Waals surface area contributed by atoms with Gasteiger partial charge in [0.1, 0.15) is 0 Å². The van der Waals surface area contributed by atoms with Crippen molar-refractivity contribution in [3.05, 3.63) is 12.7 Å². The highest BCUT2D eigenvalue weighted by Crippen LogP contribution is 2.23. The number of carbonyl (C=O) groups excluding carboxylic acids is 1. The van der Waals surface area contributed by atoms with E-state index in [0.29, 0.717) is 12.6 Å². The van der Waals surface area contributed by atoms with Crippen molar-refractivity contribution in [3.8, 4) is 0 Å². The minimum atomic E-state index is -0.0547. The predicted octanol–water partition coefficient (Wildman–Crippen LogP) is 0.936. The van der Waals surface area contributed by atoms with Crippen LogP contribution in [0, 0.1) is 0 Å². The van der Waals surface area contributed by atoms with Gasteiger partial charge in [-0.25, -0.2) is 0 Å². The predicted molar refractivity (Wildman–Crippen MR) is 51.3 cm³/mol. The molecule has 0 heterocycles. The first kappa shape index (κ1) is 10.3. The van der Waals surface area contributed by atoms with Gasteiger partial charge in [-0.3, -0.25) is 4.79 Å². The zero-order chi connectivity index (χ0) is 9.68. The largest absolute Gasteiger partial charge is 0.395 e. The van der Waals surface area contributed by atoms with Gasteiger partial charge >= 0.3 is 0 Å². The lowest BCUT2D eigenvalue weighted by Crippen LogP contribution is -2.39. The standard InChI is InChI=1S/C10H17NO2/c1-2-10(13)11(7-8-12)9-5-3-4-6-9/h2,9,12H,1,3-8H2. The van der Waals surface area contributed by atoms with Gasteiger partial charge < -0.3 is 10.0 Å². The van der Waals surface area contributed by atoms with Gasteiger partial charge in [-0.05, 0) is 18.9 Å². The molecular formula is C10H17NO2. The first-order chi connectivity index (χ1) is 6.29. The van der Waals surface area contributed by atoms with Crippen molar-refractivity contribution in [2.45, 2.75) is 31.7 Å². The summed E-state index contributed by atoms with van der Waals surface area (Å²) in [5.74, 6) is -0.0547. The van der Waals surface area contributed by atoms with E-state index >= 15 is 0 Å². The molecular weight excluding hydrogens is 166 g/mol. The van der Waals surface area contributed by atoms with Gasteiger partial charge in [0.25, 0.3) is 0 Å². The molecule has 0 aromatic heterocycles. The van der Waals surface area contributed by atoms with Gasteiger partial charge in [-0.15, -0.1) is 0 Å². The first-order valence-corrected chi connectivity index (χ1v) is 4.83. The number of hydrogen-bond acceptors (Lipinski definition) is 2. The number of rotatable bonds is 4. The van der Waals surface area contributed by atoms with Crippen molar-refractivity contribution in [1.29, 1.82) is 0 Å². The lowest BCUT2D eigenvalue weighted by molar-refractivity contribution is -0.128. The molecule has 0 spiro atoms. The molecule has 1 amide bonds. The normalized spacial score (nSPS) is 17.3. The first-order valence-electron chi connectivity index (χ1n) is 4.83. The minimum absolute atomic E-state index is 0.0378. The molecule has 1 aliphatic rings. The summed E-state index contributed by atoms with van der Waals surface area (Å²) in [6.45, 7) is 3.94. The van der Waals surface area contributed by atoms with E-state index < -0.39 is 0 Å². The van der Waals surface area contributed by atoms with E-state index in [4.69, 9.17) is 5.11 Å². The molecule has 13 heavy (non-hydrogen) atoms. The second-order valence-corrected chi connectivity index (χ2v) is 3.40. The molecule has 1 aliphatic carbocycles. The van der Waals surface area contributed by atoms with Crippen molar-refractivity contribution < 1.29 is 9.90 Å². The topological polar surface area (TPSA) is 40.5 Å². The summed E-state index contributed by atoms with van der Waals surface area (Å²) in [6.07, 6.45) is 5.85. The Labute approximate surface area is 79.0 Å². The number of carbonyl (C=O) groups is 1. The second kappa shape index (κ2) is 5.02. The van der Waals surface area contributed by atoms with Crippen molar-refractivity contribution in [1.82, 2.24) is 4.90 Å². The van der Waals surface area contributed by atoms with Gasteiger partial charge in [0, 0.05) is 12.6 Å². The van der Waals surface area contributed by atoms with E-state index in [2.05, 4.69) is 6.58 Å². The number of aliphatic hydroxyl groups excluding tert-OH is 1. The monoisotopic (exact) mass is 183 g/mol. The summed E-state index contributed by atoms with van der Waals surface area (Å²) in [5.41, 5.74) is 0. The van der Waals surface area contributed by atoms with Crippen LogP contribution < -0.4 is 0 Å². The lowest BCUT2D eigenvalue weighted by atomic mass is 10.2. The van der Waals surface area contributed by atoms with Gasteiger partial charge in [-0.1, -0.05) is 19.4 Å². The average Bonchev–Trinajstić information content (AvgIpc) is 2.65. The van der Waals surface area contributed by atoms with Crippen LogP contribution in [0.3, 0.4) is 0 Å². The minimum Gasteiger partial charge on any atom is -0.395 e. The Morgan fingerprint density at radius 1 is 1.54 bits per heavy atom. The summed E-state index contributed by atoms with van der Waals surface area (Å²) in [4.78, 5) is 13.1. The van der Waals surface area contributed by atoms with Gasteiger partial charge in [0.2, 0.25) is 5.91 Å². The molecule has 3 nitrogen and oxygen atoms in total. The Morgan fingerprint density at radius 2 is 2.15 bits per heavy atom. The zero-order valence-corrected chi connectivity index (χ0v) is 7.91. The van der Waals surface area contributed by atoms with Crippen LogP contribution in [0.25, 0.3) is 0 Å². The summed E-state index contributed by atoms with van der Waals surface area (Å²) in [6, 6.07) is 0.331. The molecule has 1 saturated carbocycles. The molecule has 0 atom stereocenters. The molecule has 0 aromatic carbocycles. The van der Waals surface area contributed by atoms with E-state index in [1.165, 1.54) is 18.9 Å². The fourth-order valence-corrected chi connectivity index (χ4v) is 1.91. The summed E-state index contributed by atoms with van der Waals surface area (Å²) < 4.78 is 0. The van der Waals surface area contributed by atoms with Gasteiger partial charge in [0.05, 0.1) is 6.61 Å². The van der Waals surface area contributed by atoms with Crippen LogP contribution in [0.1, 0.15) is 25.7 Å². The maximum Gasteiger partial charge on any atom is 0.246 e. The average molecular weight is 183 g/mol. The van der Waals surface area contributed by atoms with Crippen LogP contribution in [-0.4, -0.2) is 35.1 Å². The quantitative estimate of drug-likeness (QED) is 0.659. The zero-order valence-electron chi connectivity index (χ0n) is 7.91. The van der Waals surface area contributed by atoms with Crippen LogP contribution in [0.2, 0.25) is 0 Å². The summed E-state index contributed by atoms with van der Waals surface area (Å²) >= 11 is 0. The van der Waals surface area contributed by atoms with Crippen molar-refractivity contribution in [2.75, 3.05) is 13.2 Å². The Bertz CT molecular complexity index is 185. The van der Waals surface area contributed by atoms with Crippen LogP contribution in [-0.2, 0) is 4.79 Å². The van der Waals surface area contributed by atoms with Crippen LogP contribution >= 0.6 is 0 Å². The Balaban J connectivity index is 2.54. The number of amides is 1. The number of hydrogen-bond donors (Lipinski definition) is 1. The summed E-state index contributed by atoms with van der Waals surface area (Å²) in [5, 5.41) is 8.81. The molecule has 0 unspecified atom stereocenters. The molecule has 0 aliphatic heterocycles. The molecule has 0 radical (unpaired) electrons. The third kappa shape index (κ3) is 2.56.